The topological polar surface area (TPSA) is 58.1 Å². The zero-order valence-electron chi connectivity index (χ0n) is 13.6. The first-order chi connectivity index (χ1) is 10.2. The summed E-state index contributed by atoms with van der Waals surface area (Å²) in [6.45, 7) is 8.77. The minimum absolute atomic E-state index is 0.00212. The van der Waals surface area contributed by atoms with Gasteiger partial charge in [0.1, 0.15) is 17.8 Å². The van der Waals surface area contributed by atoms with Gasteiger partial charge >= 0.3 is 0 Å². The average Bonchev–Trinajstić information content (AvgIpc) is 2.51. The molecule has 21 heavy (non-hydrogen) atoms. The van der Waals surface area contributed by atoms with E-state index in [0.717, 1.165) is 44.7 Å². The Labute approximate surface area is 128 Å². The quantitative estimate of drug-likeness (QED) is 0.672. The largest absolute Gasteiger partial charge is 0.370 e. The Morgan fingerprint density at radius 2 is 1.81 bits per heavy atom. The highest BCUT2D eigenvalue weighted by Crippen LogP contribution is 2.09. The molecule has 0 fully saturated rings. The van der Waals surface area contributed by atoms with Crippen molar-refractivity contribution in [1.29, 1.82) is 0 Å². The van der Waals surface area contributed by atoms with Crippen LogP contribution >= 0.6 is 0 Å². The molecule has 0 saturated heterocycles. The Hall–Kier alpha value is -1.65. The summed E-state index contributed by atoms with van der Waals surface area (Å²) in [7, 11) is 0. The molecule has 1 heterocycles. The van der Waals surface area contributed by atoms with E-state index in [0.29, 0.717) is 5.69 Å². The van der Waals surface area contributed by atoms with Crippen molar-refractivity contribution in [3.05, 3.63) is 18.1 Å². The van der Waals surface area contributed by atoms with Gasteiger partial charge in [-0.15, -0.1) is 0 Å². The molecule has 1 amide bonds. The number of carbonyl (C=O) groups is 1. The normalized spacial score (nSPS) is 10.4. The van der Waals surface area contributed by atoms with Gasteiger partial charge in [0.2, 0.25) is 0 Å². The molecular weight excluding hydrogens is 264 g/mol. The molecule has 118 valence electrons. The van der Waals surface area contributed by atoms with Crippen molar-refractivity contribution in [2.45, 2.75) is 52.9 Å². The summed E-state index contributed by atoms with van der Waals surface area (Å²) in [6.07, 6.45) is 6.88. The third-order valence-corrected chi connectivity index (χ3v) is 3.25. The summed E-state index contributed by atoms with van der Waals surface area (Å²) in [5.41, 5.74) is 0.477. The van der Waals surface area contributed by atoms with Gasteiger partial charge in [-0.25, -0.2) is 9.97 Å². The fourth-order valence-corrected chi connectivity index (χ4v) is 2.18. The Balaban J connectivity index is 2.66. The highest BCUT2D eigenvalue weighted by Gasteiger charge is 2.16. The number of unbranched alkanes of at least 4 members (excludes halogenated alkanes) is 2. The van der Waals surface area contributed by atoms with Crippen LogP contribution in [0.25, 0.3) is 0 Å². The van der Waals surface area contributed by atoms with Crippen molar-refractivity contribution < 1.29 is 4.79 Å². The first-order valence-corrected chi connectivity index (χ1v) is 8.08. The third kappa shape index (κ3) is 6.10. The number of amides is 1. The number of anilines is 1. The van der Waals surface area contributed by atoms with Crippen LogP contribution < -0.4 is 5.32 Å². The van der Waals surface area contributed by atoms with Gasteiger partial charge in [-0.05, 0) is 19.3 Å². The number of carbonyl (C=O) groups excluding carboxylic acids is 1. The summed E-state index contributed by atoms with van der Waals surface area (Å²) in [5.74, 6) is 0.732. The van der Waals surface area contributed by atoms with Gasteiger partial charge in [0.05, 0.1) is 0 Å². The maximum atomic E-state index is 12.5. The van der Waals surface area contributed by atoms with Gasteiger partial charge in [0.15, 0.2) is 0 Å². The van der Waals surface area contributed by atoms with Gasteiger partial charge in [-0.3, -0.25) is 4.79 Å². The smallest absolute Gasteiger partial charge is 0.272 e. The molecule has 1 N–H and O–H groups in total. The van der Waals surface area contributed by atoms with E-state index < -0.39 is 0 Å². The number of hydrogen-bond acceptors (Lipinski definition) is 4. The van der Waals surface area contributed by atoms with Crippen molar-refractivity contribution in [3.63, 3.8) is 0 Å². The predicted molar refractivity (Wildman–Crippen MR) is 86.5 cm³/mol. The van der Waals surface area contributed by atoms with Gasteiger partial charge in [-0.2, -0.15) is 0 Å². The van der Waals surface area contributed by atoms with Crippen molar-refractivity contribution in [1.82, 2.24) is 14.9 Å². The Morgan fingerprint density at radius 1 is 1.10 bits per heavy atom. The van der Waals surface area contributed by atoms with E-state index in [1.807, 2.05) is 4.90 Å². The number of hydrogen-bond donors (Lipinski definition) is 1. The first kappa shape index (κ1) is 17.4. The van der Waals surface area contributed by atoms with Crippen LogP contribution in [-0.2, 0) is 0 Å². The second kappa shape index (κ2) is 10.1. The number of nitrogens with zero attached hydrogens (tertiary/aromatic N) is 3. The zero-order valence-corrected chi connectivity index (χ0v) is 13.6. The first-order valence-electron chi connectivity index (χ1n) is 8.08. The van der Waals surface area contributed by atoms with Gasteiger partial charge in [0.25, 0.3) is 5.91 Å². The lowest BCUT2D eigenvalue weighted by molar-refractivity contribution is 0.0749. The summed E-state index contributed by atoms with van der Waals surface area (Å²) < 4.78 is 0. The summed E-state index contributed by atoms with van der Waals surface area (Å²) >= 11 is 0. The standard InChI is InChI=1S/C16H28N4O/c1-4-7-8-9-17-15-12-14(18-13-19-15)16(21)20(10-5-2)11-6-3/h12-13H,4-11H2,1-3H3,(H,17,18,19). The van der Waals surface area contributed by atoms with Crippen molar-refractivity contribution in [3.8, 4) is 0 Å². The molecule has 1 aromatic rings. The minimum Gasteiger partial charge on any atom is -0.370 e. The predicted octanol–water partition coefficient (Wildman–Crippen LogP) is 3.34. The van der Waals surface area contributed by atoms with Crippen LogP contribution in [-0.4, -0.2) is 40.4 Å². The van der Waals surface area contributed by atoms with E-state index in [-0.39, 0.29) is 5.91 Å². The van der Waals surface area contributed by atoms with Crippen molar-refractivity contribution in [2.75, 3.05) is 25.0 Å². The monoisotopic (exact) mass is 292 g/mol. The molecule has 1 rings (SSSR count). The second-order valence-corrected chi connectivity index (χ2v) is 5.21. The fourth-order valence-electron chi connectivity index (χ4n) is 2.18. The van der Waals surface area contributed by atoms with E-state index in [1.54, 1.807) is 6.07 Å². The summed E-state index contributed by atoms with van der Waals surface area (Å²) in [4.78, 5) is 22.6. The van der Waals surface area contributed by atoms with Crippen LogP contribution in [0.1, 0.15) is 63.4 Å². The summed E-state index contributed by atoms with van der Waals surface area (Å²) in [6, 6.07) is 1.76. The fraction of sp³-hybridized carbons (Fsp3) is 0.688. The molecular formula is C16H28N4O. The van der Waals surface area contributed by atoms with E-state index in [1.165, 1.54) is 19.2 Å². The Morgan fingerprint density at radius 3 is 2.43 bits per heavy atom. The lowest BCUT2D eigenvalue weighted by Crippen LogP contribution is -2.33. The second-order valence-electron chi connectivity index (χ2n) is 5.21. The maximum Gasteiger partial charge on any atom is 0.272 e. The van der Waals surface area contributed by atoms with Crippen LogP contribution in [0.5, 0.6) is 0 Å². The number of aromatic nitrogens is 2. The Kier molecular flexibility index (Phi) is 8.40. The molecule has 0 unspecified atom stereocenters. The van der Waals surface area contributed by atoms with Crippen LogP contribution in [0.15, 0.2) is 12.4 Å². The molecule has 0 saturated carbocycles. The number of nitrogens with one attached hydrogen (secondary N) is 1. The third-order valence-electron chi connectivity index (χ3n) is 3.25. The lowest BCUT2D eigenvalue weighted by atomic mass is 10.2. The van der Waals surface area contributed by atoms with Crippen LogP contribution in [0.3, 0.4) is 0 Å². The zero-order chi connectivity index (χ0) is 15.5. The molecule has 0 radical (unpaired) electrons. The van der Waals surface area contributed by atoms with Gasteiger partial charge in [0, 0.05) is 25.7 Å². The molecule has 0 bridgehead atoms. The van der Waals surface area contributed by atoms with E-state index >= 15 is 0 Å². The van der Waals surface area contributed by atoms with Crippen LogP contribution in [0.4, 0.5) is 5.82 Å². The van der Waals surface area contributed by atoms with Gasteiger partial charge < -0.3 is 10.2 Å². The average molecular weight is 292 g/mol. The molecule has 5 nitrogen and oxygen atoms in total. The summed E-state index contributed by atoms with van der Waals surface area (Å²) in [5, 5.41) is 3.26. The van der Waals surface area contributed by atoms with Crippen LogP contribution in [0, 0.1) is 0 Å². The van der Waals surface area contributed by atoms with E-state index in [2.05, 4.69) is 36.1 Å². The van der Waals surface area contributed by atoms with E-state index in [4.69, 9.17) is 0 Å². The molecule has 5 heteroatoms. The van der Waals surface area contributed by atoms with Crippen LogP contribution in [0.2, 0.25) is 0 Å². The highest BCUT2D eigenvalue weighted by atomic mass is 16.2. The molecule has 0 aliphatic heterocycles. The molecule has 0 aliphatic rings. The maximum absolute atomic E-state index is 12.5. The molecule has 0 aromatic carbocycles. The number of rotatable bonds is 10. The highest BCUT2D eigenvalue weighted by molar-refractivity contribution is 5.92. The lowest BCUT2D eigenvalue weighted by Gasteiger charge is -2.21. The molecule has 0 atom stereocenters. The SMILES string of the molecule is CCCCCNc1cc(C(=O)N(CCC)CCC)ncn1. The van der Waals surface area contributed by atoms with Crippen molar-refractivity contribution >= 4 is 11.7 Å². The van der Waals surface area contributed by atoms with Gasteiger partial charge in [-0.1, -0.05) is 33.6 Å². The minimum atomic E-state index is -0.00212. The van der Waals surface area contributed by atoms with E-state index in [9.17, 15) is 4.79 Å². The molecule has 0 aliphatic carbocycles. The molecule has 0 spiro atoms. The molecule has 1 aromatic heterocycles. The Bertz CT molecular complexity index is 416. The van der Waals surface area contributed by atoms with Crippen molar-refractivity contribution in [2.24, 2.45) is 0 Å².